The first-order valence-corrected chi connectivity index (χ1v) is 7.39. The summed E-state index contributed by atoms with van der Waals surface area (Å²) in [4.78, 5) is 2.54. The van der Waals surface area contributed by atoms with E-state index >= 15 is 0 Å². The molecule has 1 nitrogen and oxygen atoms in total. The molecule has 18 heavy (non-hydrogen) atoms. The fourth-order valence-electron chi connectivity index (χ4n) is 1.92. The first-order valence-electron chi connectivity index (χ1n) is 7.39. The predicted octanol–water partition coefficient (Wildman–Crippen LogP) is 4.82. The van der Waals surface area contributed by atoms with Crippen LogP contribution in [0.3, 0.4) is 0 Å². The van der Waals surface area contributed by atoms with Crippen molar-refractivity contribution in [2.75, 3.05) is 19.6 Å². The Kier molecular flexibility index (Phi) is 10.8. The molecule has 1 heteroatoms. The standard InChI is InChI=1S/C9H21N.C8H10/c1-4-7-10(8-5-2)9-6-3;1-7-3-5-8(2)6-4-7/h4-9H2,1-3H3;3-6H,1-2H3. The summed E-state index contributed by atoms with van der Waals surface area (Å²) in [5, 5.41) is 0. The SMILES string of the molecule is CCCN(CCC)CCC.Cc1ccc(C)cc1. The molecular weight excluding hydrogens is 218 g/mol. The number of aryl methyl sites for hydroxylation is 2. The molecule has 0 unspecified atom stereocenters. The van der Waals surface area contributed by atoms with Gasteiger partial charge in [0.15, 0.2) is 0 Å². The van der Waals surface area contributed by atoms with Crippen LogP contribution in [0.25, 0.3) is 0 Å². The second kappa shape index (κ2) is 11.3. The summed E-state index contributed by atoms with van der Waals surface area (Å²) in [6, 6.07) is 8.48. The second-order valence-corrected chi connectivity index (χ2v) is 5.00. The van der Waals surface area contributed by atoms with Gasteiger partial charge >= 0.3 is 0 Å². The summed E-state index contributed by atoms with van der Waals surface area (Å²) in [6.07, 6.45) is 3.88. The first-order chi connectivity index (χ1) is 8.63. The topological polar surface area (TPSA) is 3.24 Å². The van der Waals surface area contributed by atoms with E-state index in [0.717, 1.165) is 0 Å². The molecule has 0 heterocycles. The Bertz CT molecular complexity index is 241. The van der Waals surface area contributed by atoms with Crippen LogP contribution in [-0.4, -0.2) is 24.5 Å². The summed E-state index contributed by atoms with van der Waals surface area (Å²) in [5.41, 5.74) is 2.66. The van der Waals surface area contributed by atoms with Gasteiger partial charge in [-0.25, -0.2) is 0 Å². The van der Waals surface area contributed by atoms with Crippen molar-refractivity contribution in [1.29, 1.82) is 0 Å². The Morgan fingerprint density at radius 1 is 0.667 bits per heavy atom. The summed E-state index contributed by atoms with van der Waals surface area (Å²) in [5.74, 6) is 0. The van der Waals surface area contributed by atoms with E-state index in [9.17, 15) is 0 Å². The number of benzene rings is 1. The molecule has 0 aliphatic carbocycles. The minimum Gasteiger partial charge on any atom is -0.303 e. The molecule has 0 aliphatic rings. The van der Waals surface area contributed by atoms with Crippen molar-refractivity contribution in [2.45, 2.75) is 53.9 Å². The van der Waals surface area contributed by atoms with Crippen LogP contribution in [0.2, 0.25) is 0 Å². The van der Waals surface area contributed by atoms with Crippen molar-refractivity contribution in [2.24, 2.45) is 0 Å². The van der Waals surface area contributed by atoms with Gasteiger partial charge in [-0.3, -0.25) is 0 Å². The highest BCUT2D eigenvalue weighted by molar-refractivity contribution is 5.19. The minimum atomic E-state index is 1.28. The number of hydrogen-bond donors (Lipinski definition) is 0. The monoisotopic (exact) mass is 249 g/mol. The van der Waals surface area contributed by atoms with E-state index in [1.807, 2.05) is 0 Å². The smallest absolute Gasteiger partial charge is 0.00214 e. The van der Waals surface area contributed by atoms with Gasteiger partial charge in [0.05, 0.1) is 0 Å². The molecule has 1 aromatic carbocycles. The Hall–Kier alpha value is -0.820. The second-order valence-electron chi connectivity index (χ2n) is 5.00. The Morgan fingerprint density at radius 3 is 1.17 bits per heavy atom. The fraction of sp³-hybridized carbons (Fsp3) is 0.647. The number of rotatable bonds is 6. The van der Waals surface area contributed by atoms with Gasteiger partial charge in [0.1, 0.15) is 0 Å². The van der Waals surface area contributed by atoms with Gasteiger partial charge in [-0.15, -0.1) is 0 Å². The lowest BCUT2D eigenvalue weighted by molar-refractivity contribution is 0.275. The quantitative estimate of drug-likeness (QED) is 0.698. The summed E-state index contributed by atoms with van der Waals surface area (Å²) in [7, 11) is 0. The molecule has 104 valence electrons. The maximum Gasteiger partial charge on any atom is -0.00214 e. The molecule has 0 atom stereocenters. The number of hydrogen-bond acceptors (Lipinski definition) is 1. The molecule has 0 aromatic heterocycles. The van der Waals surface area contributed by atoms with E-state index in [1.165, 1.54) is 50.0 Å². The van der Waals surface area contributed by atoms with E-state index in [-0.39, 0.29) is 0 Å². The molecule has 0 bridgehead atoms. The van der Waals surface area contributed by atoms with Gasteiger partial charge in [0, 0.05) is 0 Å². The fourth-order valence-corrected chi connectivity index (χ4v) is 1.92. The van der Waals surface area contributed by atoms with Gasteiger partial charge < -0.3 is 4.90 Å². The van der Waals surface area contributed by atoms with Gasteiger partial charge in [-0.05, 0) is 52.7 Å². The van der Waals surface area contributed by atoms with E-state index in [2.05, 4.69) is 63.8 Å². The molecule has 1 aromatic rings. The van der Waals surface area contributed by atoms with Crippen LogP contribution in [0.4, 0.5) is 0 Å². The molecule has 0 saturated carbocycles. The third kappa shape index (κ3) is 9.23. The van der Waals surface area contributed by atoms with Crippen LogP contribution in [0.5, 0.6) is 0 Å². The highest BCUT2D eigenvalue weighted by atomic mass is 15.1. The molecule has 0 fully saturated rings. The van der Waals surface area contributed by atoms with E-state index in [4.69, 9.17) is 0 Å². The van der Waals surface area contributed by atoms with Crippen molar-refractivity contribution in [3.63, 3.8) is 0 Å². The van der Waals surface area contributed by atoms with Crippen molar-refractivity contribution in [3.05, 3.63) is 35.4 Å². The normalized spacial score (nSPS) is 10.1. The Labute approximate surface area is 114 Å². The van der Waals surface area contributed by atoms with Crippen LogP contribution >= 0.6 is 0 Å². The number of nitrogens with zero attached hydrogens (tertiary/aromatic N) is 1. The molecule has 1 rings (SSSR count). The maximum absolute atomic E-state index is 2.54. The first kappa shape index (κ1) is 17.2. The molecule has 0 aliphatic heterocycles. The average molecular weight is 249 g/mol. The molecule has 0 amide bonds. The molecule has 0 N–H and O–H groups in total. The zero-order valence-electron chi connectivity index (χ0n) is 13.0. The van der Waals surface area contributed by atoms with Crippen molar-refractivity contribution in [1.82, 2.24) is 4.90 Å². The summed E-state index contributed by atoms with van der Waals surface area (Å²) < 4.78 is 0. The lowest BCUT2D eigenvalue weighted by Gasteiger charge is -2.19. The van der Waals surface area contributed by atoms with Gasteiger partial charge in [0.2, 0.25) is 0 Å². The third-order valence-electron chi connectivity index (χ3n) is 2.84. The molecule has 0 radical (unpaired) electrons. The van der Waals surface area contributed by atoms with Crippen molar-refractivity contribution in [3.8, 4) is 0 Å². The summed E-state index contributed by atoms with van der Waals surface area (Å²) in [6.45, 7) is 14.8. The van der Waals surface area contributed by atoms with Crippen molar-refractivity contribution < 1.29 is 0 Å². The van der Waals surface area contributed by atoms with Crippen LogP contribution in [0.15, 0.2) is 24.3 Å². The van der Waals surface area contributed by atoms with Crippen molar-refractivity contribution >= 4 is 0 Å². The van der Waals surface area contributed by atoms with Gasteiger partial charge in [0.25, 0.3) is 0 Å². The van der Waals surface area contributed by atoms with E-state index in [1.54, 1.807) is 0 Å². The molecule has 0 spiro atoms. The molecule has 0 saturated heterocycles. The van der Waals surface area contributed by atoms with Gasteiger partial charge in [-0.1, -0.05) is 56.2 Å². The van der Waals surface area contributed by atoms with E-state index < -0.39 is 0 Å². The third-order valence-corrected chi connectivity index (χ3v) is 2.84. The lowest BCUT2D eigenvalue weighted by atomic mass is 10.2. The van der Waals surface area contributed by atoms with E-state index in [0.29, 0.717) is 0 Å². The van der Waals surface area contributed by atoms with Crippen LogP contribution in [-0.2, 0) is 0 Å². The summed E-state index contributed by atoms with van der Waals surface area (Å²) >= 11 is 0. The predicted molar refractivity (Wildman–Crippen MR) is 83.2 cm³/mol. The average Bonchev–Trinajstić information content (AvgIpc) is 2.35. The van der Waals surface area contributed by atoms with Gasteiger partial charge in [-0.2, -0.15) is 0 Å². The maximum atomic E-state index is 2.54. The highest BCUT2D eigenvalue weighted by Crippen LogP contribution is 1.99. The van der Waals surface area contributed by atoms with Crippen LogP contribution in [0, 0.1) is 13.8 Å². The zero-order valence-corrected chi connectivity index (χ0v) is 13.0. The zero-order chi connectivity index (χ0) is 13.8. The largest absolute Gasteiger partial charge is 0.303 e. The Balaban J connectivity index is 0.000000327. The molecular formula is C17H31N. The van der Waals surface area contributed by atoms with Crippen LogP contribution < -0.4 is 0 Å². The highest BCUT2D eigenvalue weighted by Gasteiger charge is 1.98. The van der Waals surface area contributed by atoms with Crippen LogP contribution in [0.1, 0.15) is 51.2 Å². The Morgan fingerprint density at radius 2 is 0.944 bits per heavy atom. The minimum absolute atomic E-state index is 1.28. The lowest BCUT2D eigenvalue weighted by Crippen LogP contribution is -2.25.